The highest BCUT2D eigenvalue weighted by Gasteiger charge is 2.60. The normalized spacial score (nSPS) is 14.6. The predicted octanol–water partition coefficient (Wildman–Crippen LogP) is 6.40. The molecule has 0 fully saturated rings. The number of rotatable bonds is 6. The van der Waals surface area contributed by atoms with E-state index in [2.05, 4.69) is 101 Å². The van der Waals surface area contributed by atoms with Crippen LogP contribution in [0.1, 0.15) is 5.56 Å². The molecule has 0 spiro atoms. The summed E-state index contributed by atoms with van der Waals surface area (Å²) in [5, 5.41) is 0. The molecule has 0 unspecified atom stereocenters. The van der Waals surface area contributed by atoms with Crippen LogP contribution in [0.4, 0.5) is 0 Å². The lowest BCUT2D eigenvalue weighted by atomic mass is 10.2. The van der Waals surface area contributed by atoms with Gasteiger partial charge in [-0.25, -0.2) is 0 Å². The molecule has 0 N–H and O–H groups in total. The molecule has 0 atom stereocenters. The van der Waals surface area contributed by atoms with Crippen molar-refractivity contribution in [2.24, 2.45) is 0 Å². The highest BCUT2D eigenvalue weighted by atomic mass is 29.9. The Morgan fingerprint density at radius 2 is 1.09 bits per heavy atom. The molecule has 0 heterocycles. The molecular weight excluding hydrogens is 329 g/mol. The van der Waals surface area contributed by atoms with Gasteiger partial charge in [0.15, 0.2) is 0 Å². The van der Waals surface area contributed by atoms with E-state index in [1.165, 1.54) is 11.6 Å². The molecule has 124 valence electrons. The van der Waals surface area contributed by atoms with Crippen molar-refractivity contribution in [3.05, 3.63) is 42.0 Å². The largest absolute Gasteiger partial charge is 0.0873 e. The number of hydrogen-bond donors (Lipinski definition) is 0. The van der Waals surface area contributed by atoms with Crippen LogP contribution < -0.4 is 0 Å². The smallest absolute Gasteiger partial charge is 0.0412 e. The Bertz CT molecular complexity index is 463. The summed E-state index contributed by atoms with van der Waals surface area (Å²) in [4.78, 5) is 0. The molecule has 0 amide bonds. The lowest BCUT2D eigenvalue weighted by Gasteiger charge is -2.57. The van der Waals surface area contributed by atoms with Gasteiger partial charge in [-0.3, -0.25) is 0 Å². The highest BCUT2D eigenvalue weighted by Crippen LogP contribution is 2.40. The van der Waals surface area contributed by atoms with Crippen LogP contribution in [0, 0.1) is 0 Å². The van der Waals surface area contributed by atoms with Crippen molar-refractivity contribution in [3.8, 4) is 0 Å². The minimum atomic E-state index is -1.22. The summed E-state index contributed by atoms with van der Waals surface area (Å²) in [5.74, 6) is 0. The van der Waals surface area contributed by atoms with Crippen LogP contribution in [0.15, 0.2) is 36.4 Å². The number of hydrogen-bond acceptors (Lipinski definition) is 0. The van der Waals surface area contributed by atoms with E-state index in [4.69, 9.17) is 0 Å². The van der Waals surface area contributed by atoms with E-state index in [-0.39, 0.29) is 0 Å². The fourth-order valence-corrected chi connectivity index (χ4v) is 102. The van der Waals surface area contributed by atoms with Crippen molar-refractivity contribution >= 4 is 35.5 Å². The van der Waals surface area contributed by atoms with Crippen LogP contribution >= 0.6 is 0 Å². The predicted molar refractivity (Wildman–Crippen MR) is 116 cm³/mol. The summed E-state index contributed by atoms with van der Waals surface area (Å²) in [6, 6.07) is 12.2. The first-order chi connectivity index (χ1) is 9.83. The Kier molecular flexibility index (Phi) is 6.10. The summed E-state index contributed by atoms with van der Waals surface area (Å²) < 4.78 is 0. The first kappa shape index (κ1) is 19.9. The van der Waals surface area contributed by atoms with E-state index in [0.29, 0.717) is 0 Å². The molecule has 0 bridgehead atoms. The van der Waals surface area contributed by atoms with Gasteiger partial charge in [0.2, 0.25) is 0 Å². The lowest BCUT2D eigenvalue weighted by molar-refractivity contribution is 1.58. The zero-order chi connectivity index (χ0) is 17.2. The second-order valence-corrected chi connectivity index (χ2v) is 51.1. The van der Waals surface area contributed by atoms with Crippen LogP contribution in [0.2, 0.25) is 65.0 Å². The fraction of sp³-hybridized carbons (Fsp3) is 0.556. The van der Waals surface area contributed by atoms with Gasteiger partial charge in [0, 0.05) is 29.4 Å². The van der Waals surface area contributed by atoms with Crippen LogP contribution in [0.25, 0.3) is 6.08 Å². The molecule has 0 aromatic heterocycles. The third-order valence-electron chi connectivity index (χ3n) is 5.37. The summed E-state index contributed by atoms with van der Waals surface area (Å²) in [6.07, 6.45) is 4.93. The first-order valence-electron chi connectivity index (χ1n) is 8.54. The molecule has 0 radical (unpaired) electrons. The maximum atomic E-state index is 2.67. The van der Waals surface area contributed by atoms with Crippen molar-refractivity contribution in [1.29, 1.82) is 0 Å². The molecule has 22 heavy (non-hydrogen) atoms. The van der Waals surface area contributed by atoms with E-state index < -0.39 is 29.4 Å². The molecule has 0 saturated heterocycles. The quantitative estimate of drug-likeness (QED) is 0.512. The summed E-state index contributed by atoms with van der Waals surface area (Å²) >= 11 is 0. The Morgan fingerprint density at radius 1 is 0.682 bits per heavy atom. The minimum absolute atomic E-state index is 1.13. The number of allylic oxidation sites excluding steroid dienone is 1. The number of benzene rings is 1. The Morgan fingerprint density at radius 3 is 1.45 bits per heavy atom. The Hall–Kier alpha value is -0.172. The standard InChI is InChI=1S/C18H36Si4/c1-19(2,3)22(20(4,5)6,21(7,8)9)17-13-16-18-14-11-10-12-15-18/h10-16H,17H2,1-9H3/b16-13+. The minimum Gasteiger partial charge on any atom is -0.0873 e. The Balaban J connectivity index is 3.25. The van der Waals surface area contributed by atoms with E-state index in [0.717, 1.165) is 0 Å². The van der Waals surface area contributed by atoms with Crippen LogP contribution in [-0.4, -0.2) is 29.4 Å². The van der Waals surface area contributed by atoms with Gasteiger partial charge in [-0.2, -0.15) is 0 Å². The van der Waals surface area contributed by atoms with E-state index in [9.17, 15) is 0 Å². The van der Waals surface area contributed by atoms with E-state index in [1.54, 1.807) is 0 Å². The van der Waals surface area contributed by atoms with Crippen molar-refractivity contribution in [2.45, 2.75) is 65.0 Å². The molecule has 1 rings (SSSR count). The van der Waals surface area contributed by atoms with E-state index >= 15 is 0 Å². The van der Waals surface area contributed by atoms with Crippen molar-refractivity contribution in [3.63, 3.8) is 0 Å². The molecule has 0 aliphatic heterocycles. The molecular formula is C18H36Si4. The topological polar surface area (TPSA) is 0 Å². The summed E-state index contributed by atoms with van der Waals surface area (Å²) in [5.41, 5.74) is 1.35. The zero-order valence-corrected chi connectivity index (χ0v) is 20.2. The van der Waals surface area contributed by atoms with Gasteiger partial charge < -0.3 is 0 Å². The van der Waals surface area contributed by atoms with Crippen LogP contribution in [0.3, 0.4) is 0 Å². The third kappa shape index (κ3) is 4.02. The molecule has 0 aliphatic rings. The van der Waals surface area contributed by atoms with Gasteiger partial charge in [-0.15, -0.1) is 0 Å². The van der Waals surface area contributed by atoms with Gasteiger partial charge in [0.25, 0.3) is 0 Å². The summed E-state index contributed by atoms with van der Waals surface area (Å²) in [6.45, 7) is 22.8. The van der Waals surface area contributed by atoms with Gasteiger partial charge in [-0.05, 0) is 11.6 Å². The maximum Gasteiger partial charge on any atom is 0.0412 e. The summed E-state index contributed by atoms with van der Waals surface area (Å²) in [7, 11) is -3.40. The monoisotopic (exact) mass is 364 g/mol. The van der Waals surface area contributed by atoms with Gasteiger partial charge in [0.1, 0.15) is 0 Å². The second kappa shape index (κ2) is 6.75. The molecule has 4 heteroatoms. The van der Waals surface area contributed by atoms with Crippen LogP contribution in [0.5, 0.6) is 0 Å². The average molecular weight is 365 g/mol. The average Bonchev–Trinajstić information content (AvgIpc) is 2.31. The van der Waals surface area contributed by atoms with Gasteiger partial charge in [0.05, 0.1) is 0 Å². The highest BCUT2D eigenvalue weighted by molar-refractivity contribution is 7.89. The van der Waals surface area contributed by atoms with Gasteiger partial charge >= 0.3 is 0 Å². The van der Waals surface area contributed by atoms with Crippen molar-refractivity contribution in [1.82, 2.24) is 0 Å². The van der Waals surface area contributed by atoms with Gasteiger partial charge in [-0.1, -0.05) is 101 Å². The molecule has 0 saturated carbocycles. The Labute approximate surface area is 142 Å². The first-order valence-corrected chi connectivity index (χ1v) is 24.3. The van der Waals surface area contributed by atoms with Crippen molar-refractivity contribution in [2.75, 3.05) is 0 Å². The molecule has 1 aromatic carbocycles. The second-order valence-electron chi connectivity index (χ2n) is 9.67. The maximum absolute atomic E-state index is 2.67. The lowest BCUT2D eigenvalue weighted by Crippen LogP contribution is -2.82. The molecule has 0 nitrogen and oxygen atoms in total. The molecule has 0 aliphatic carbocycles. The van der Waals surface area contributed by atoms with Crippen LogP contribution in [-0.2, 0) is 0 Å². The third-order valence-corrected chi connectivity index (χ3v) is 79.3. The van der Waals surface area contributed by atoms with Crippen molar-refractivity contribution < 1.29 is 0 Å². The fourth-order valence-electron chi connectivity index (χ4n) is 5.23. The zero-order valence-electron chi connectivity index (χ0n) is 16.2. The van der Waals surface area contributed by atoms with E-state index in [1.807, 2.05) is 0 Å². The molecule has 1 aromatic rings. The SMILES string of the molecule is C[Si](C)(C)[Si](C/C=C/c1ccccc1)([Si](C)(C)C)[Si](C)(C)C.